The smallest absolute Gasteiger partial charge is 0.145 e. The number of hydrogen-bond acceptors (Lipinski definition) is 3. The Morgan fingerprint density at radius 2 is 1.68 bits per heavy atom. The quantitative estimate of drug-likeness (QED) is 0.777. The van der Waals surface area contributed by atoms with E-state index in [1.165, 1.54) is 12.1 Å². The summed E-state index contributed by atoms with van der Waals surface area (Å²) in [5.74, 6) is 0.484. The molecule has 0 radical (unpaired) electrons. The highest BCUT2D eigenvalue weighted by Gasteiger charge is 1.99. The van der Waals surface area contributed by atoms with Crippen LogP contribution in [0.2, 0.25) is 0 Å². The molecule has 1 heterocycles. The summed E-state index contributed by atoms with van der Waals surface area (Å²) in [7, 11) is 0. The van der Waals surface area contributed by atoms with Crippen LogP contribution in [0, 0.1) is 5.82 Å². The standard InChI is InChI=1S/C15H12FN3/c16-12-7-5-11(6-8-12)9-18-15-10-17-13-3-1-2-4-14(13)19-15/h1-8,10H,9H2,(H,18,19). The third-order valence-corrected chi connectivity index (χ3v) is 2.84. The lowest BCUT2D eigenvalue weighted by Gasteiger charge is -2.06. The van der Waals surface area contributed by atoms with Crippen LogP contribution in [-0.4, -0.2) is 9.97 Å². The van der Waals surface area contributed by atoms with Crippen LogP contribution in [0.25, 0.3) is 11.0 Å². The molecule has 0 spiro atoms. The second-order valence-electron chi connectivity index (χ2n) is 4.22. The summed E-state index contributed by atoms with van der Waals surface area (Å²) in [6, 6.07) is 14.1. The average Bonchev–Trinajstić information content (AvgIpc) is 2.46. The van der Waals surface area contributed by atoms with E-state index in [-0.39, 0.29) is 5.82 Å². The molecule has 2 aromatic carbocycles. The maximum atomic E-state index is 12.8. The van der Waals surface area contributed by atoms with E-state index in [0.29, 0.717) is 12.4 Å². The van der Waals surface area contributed by atoms with Gasteiger partial charge in [-0.25, -0.2) is 9.37 Å². The first-order valence-electron chi connectivity index (χ1n) is 6.01. The first kappa shape index (κ1) is 11.6. The number of para-hydroxylation sites is 2. The number of nitrogens with zero attached hydrogens (tertiary/aromatic N) is 2. The van der Waals surface area contributed by atoms with Gasteiger partial charge >= 0.3 is 0 Å². The van der Waals surface area contributed by atoms with Gasteiger partial charge in [-0.2, -0.15) is 0 Å². The number of hydrogen-bond donors (Lipinski definition) is 1. The molecule has 19 heavy (non-hydrogen) atoms. The second kappa shape index (κ2) is 5.02. The Morgan fingerprint density at radius 3 is 2.47 bits per heavy atom. The van der Waals surface area contributed by atoms with E-state index in [1.807, 2.05) is 24.3 Å². The predicted molar refractivity (Wildman–Crippen MR) is 73.3 cm³/mol. The van der Waals surface area contributed by atoms with E-state index in [0.717, 1.165) is 16.6 Å². The minimum absolute atomic E-state index is 0.228. The average molecular weight is 253 g/mol. The molecule has 0 saturated heterocycles. The van der Waals surface area contributed by atoms with Crippen molar-refractivity contribution in [1.82, 2.24) is 9.97 Å². The summed E-state index contributed by atoms with van der Waals surface area (Å²) in [6.07, 6.45) is 1.70. The summed E-state index contributed by atoms with van der Waals surface area (Å²) in [5.41, 5.74) is 2.72. The maximum absolute atomic E-state index is 12.8. The molecule has 0 bridgehead atoms. The molecule has 1 aromatic heterocycles. The molecule has 0 aliphatic carbocycles. The molecular formula is C15H12FN3. The van der Waals surface area contributed by atoms with Gasteiger partial charge in [0.25, 0.3) is 0 Å². The molecule has 3 rings (SSSR count). The van der Waals surface area contributed by atoms with Gasteiger partial charge in [0.2, 0.25) is 0 Å². The van der Waals surface area contributed by atoms with Gasteiger partial charge in [0.1, 0.15) is 11.6 Å². The Hall–Kier alpha value is -2.49. The summed E-state index contributed by atoms with van der Waals surface area (Å²) in [6.45, 7) is 0.591. The summed E-state index contributed by atoms with van der Waals surface area (Å²) < 4.78 is 12.8. The van der Waals surface area contributed by atoms with Crippen molar-refractivity contribution >= 4 is 16.9 Å². The third kappa shape index (κ3) is 2.68. The number of benzene rings is 2. The molecule has 3 nitrogen and oxygen atoms in total. The lowest BCUT2D eigenvalue weighted by molar-refractivity contribution is 0.627. The fraction of sp³-hybridized carbons (Fsp3) is 0.0667. The van der Waals surface area contributed by atoms with Gasteiger partial charge in [-0.15, -0.1) is 0 Å². The molecule has 0 aliphatic heterocycles. The second-order valence-corrected chi connectivity index (χ2v) is 4.22. The minimum atomic E-state index is -0.228. The topological polar surface area (TPSA) is 37.8 Å². The number of nitrogens with one attached hydrogen (secondary N) is 1. The Kier molecular flexibility index (Phi) is 3.06. The van der Waals surface area contributed by atoms with Crippen LogP contribution in [0.4, 0.5) is 10.2 Å². The fourth-order valence-electron chi connectivity index (χ4n) is 1.84. The van der Waals surface area contributed by atoms with E-state index < -0.39 is 0 Å². The van der Waals surface area contributed by atoms with E-state index in [1.54, 1.807) is 18.3 Å². The molecule has 3 aromatic rings. The van der Waals surface area contributed by atoms with Gasteiger partial charge in [-0.1, -0.05) is 24.3 Å². The van der Waals surface area contributed by atoms with Crippen molar-refractivity contribution in [2.45, 2.75) is 6.54 Å². The van der Waals surface area contributed by atoms with Crippen LogP contribution in [0.15, 0.2) is 54.7 Å². The van der Waals surface area contributed by atoms with Crippen molar-refractivity contribution in [3.05, 3.63) is 66.1 Å². The number of fused-ring (bicyclic) bond motifs is 1. The SMILES string of the molecule is Fc1ccc(CNc2cnc3ccccc3n2)cc1. The first-order chi connectivity index (χ1) is 9.31. The Labute approximate surface area is 110 Å². The summed E-state index contributed by atoms with van der Waals surface area (Å²) in [4.78, 5) is 8.78. The van der Waals surface area contributed by atoms with Gasteiger partial charge in [0.05, 0.1) is 17.2 Å². The molecule has 0 fully saturated rings. The Bertz CT molecular complexity index is 695. The van der Waals surface area contributed by atoms with Crippen LogP contribution in [0.3, 0.4) is 0 Å². The highest BCUT2D eigenvalue weighted by Crippen LogP contribution is 2.12. The highest BCUT2D eigenvalue weighted by molar-refractivity contribution is 5.75. The number of halogens is 1. The van der Waals surface area contributed by atoms with Crippen molar-refractivity contribution in [3.63, 3.8) is 0 Å². The van der Waals surface area contributed by atoms with Crippen LogP contribution in [0.5, 0.6) is 0 Å². The van der Waals surface area contributed by atoms with E-state index in [9.17, 15) is 4.39 Å². The van der Waals surface area contributed by atoms with Crippen molar-refractivity contribution in [2.75, 3.05) is 5.32 Å². The number of aromatic nitrogens is 2. The zero-order valence-electron chi connectivity index (χ0n) is 10.2. The summed E-state index contributed by atoms with van der Waals surface area (Å²) in [5, 5.41) is 3.18. The van der Waals surface area contributed by atoms with Crippen molar-refractivity contribution in [3.8, 4) is 0 Å². The largest absolute Gasteiger partial charge is 0.365 e. The predicted octanol–water partition coefficient (Wildman–Crippen LogP) is 3.38. The molecule has 0 unspecified atom stereocenters. The maximum Gasteiger partial charge on any atom is 0.145 e. The fourth-order valence-corrected chi connectivity index (χ4v) is 1.84. The van der Waals surface area contributed by atoms with Gasteiger partial charge < -0.3 is 5.32 Å². The first-order valence-corrected chi connectivity index (χ1v) is 6.01. The molecule has 1 N–H and O–H groups in total. The molecule has 0 aliphatic rings. The van der Waals surface area contributed by atoms with Gasteiger partial charge in [0.15, 0.2) is 0 Å². The van der Waals surface area contributed by atoms with Gasteiger partial charge in [-0.05, 0) is 29.8 Å². The molecule has 4 heteroatoms. The van der Waals surface area contributed by atoms with Crippen LogP contribution in [-0.2, 0) is 6.54 Å². The Morgan fingerprint density at radius 1 is 0.947 bits per heavy atom. The van der Waals surface area contributed by atoms with E-state index in [4.69, 9.17) is 0 Å². The van der Waals surface area contributed by atoms with E-state index in [2.05, 4.69) is 15.3 Å². The molecular weight excluding hydrogens is 241 g/mol. The number of anilines is 1. The van der Waals surface area contributed by atoms with Crippen molar-refractivity contribution in [1.29, 1.82) is 0 Å². The zero-order valence-corrected chi connectivity index (χ0v) is 10.2. The highest BCUT2D eigenvalue weighted by atomic mass is 19.1. The summed E-state index contributed by atoms with van der Waals surface area (Å²) >= 11 is 0. The number of rotatable bonds is 3. The van der Waals surface area contributed by atoms with Gasteiger partial charge in [-0.3, -0.25) is 4.98 Å². The van der Waals surface area contributed by atoms with Gasteiger partial charge in [0, 0.05) is 6.54 Å². The van der Waals surface area contributed by atoms with E-state index >= 15 is 0 Å². The normalized spacial score (nSPS) is 10.6. The monoisotopic (exact) mass is 253 g/mol. The molecule has 94 valence electrons. The lowest BCUT2D eigenvalue weighted by atomic mass is 10.2. The third-order valence-electron chi connectivity index (χ3n) is 2.84. The van der Waals surface area contributed by atoms with Crippen LogP contribution in [0.1, 0.15) is 5.56 Å². The lowest BCUT2D eigenvalue weighted by Crippen LogP contribution is -2.02. The molecule has 0 amide bonds. The zero-order chi connectivity index (χ0) is 13.1. The molecule has 0 saturated carbocycles. The van der Waals surface area contributed by atoms with Crippen molar-refractivity contribution < 1.29 is 4.39 Å². The van der Waals surface area contributed by atoms with Crippen molar-refractivity contribution in [2.24, 2.45) is 0 Å². The molecule has 0 atom stereocenters. The minimum Gasteiger partial charge on any atom is -0.365 e. The van der Waals surface area contributed by atoms with Crippen LogP contribution >= 0.6 is 0 Å². The Balaban J connectivity index is 1.76. The van der Waals surface area contributed by atoms with Crippen LogP contribution < -0.4 is 5.32 Å².